The standard InChI is InChI=1S/C14H19/c1-3-5-7-9-11-13-14-12-10-8-6-4-2/h1,3,5,7,9-14H,4,6,8H2,2H3. The summed E-state index contributed by atoms with van der Waals surface area (Å²) >= 11 is 0. The molecule has 0 aromatic rings. The molecule has 0 bridgehead atoms. The fourth-order valence-electron chi connectivity index (χ4n) is 0.882. The summed E-state index contributed by atoms with van der Waals surface area (Å²) < 4.78 is 0. The average Bonchev–Trinajstić information content (AvgIpc) is 2.21. The van der Waals surface area contributed by atoms with Crippen molar-refractivity contribution in [2.45, 2.75) is 26.2 Å². The quantitative estimate of drug-likeness (QED) is 0.409. The molecular weight excluding hydrogens is 168 g/mol. The van der Waals surface area contributed by atoms with Gasteiger partial charge in [-0.25, -0.2) is 0 Å². The fourth-order valence-corrected chi connectivity index (χ4v) is 0.882. The lowest BCUT2D eigenvalue weighted by Crippen LogP contribution is -1.64. The molecule has 0 saturated heterocycles. The molecule has 0 fully saturated rings. The van der Waals surface area contributed by atoms with Gasteiger partial charge in [0.25, 0.3) is 0 Å². The van der Waals surface area contributed by atoms with Gasteiger partial charge in [-0.3, -0.25) is 0 Å². The predicted molar refractivity (Wildman–Crippen MR) is 65.0 cm³/mol. The van der Waals surface area contributed by atoms with E-state index in [9.17, 15) is 0 Å². The highest BCUT2D eigenvalue weighted by atomic mass is 13.8. The van der Waals surface area contributed by atoms with E-state index < -0.39 is 0 Å². The molecule has 0 aromatic heterocycles. The maximum Gasteiger partial charge on any atom is -0.0348 e. The Bertz CT molecular complexity index is 226. The monoisotopic (exact) mass is 187 g/mol. The molecule has 0 N–H and O–H groups in total. The lowest BCUT2D eigenvalue weighted by molar-refractivity contribution is 0.815. The highest BCUT2D eigenvalue weighted by molar-refractivity contribution is 5.16. The summed E-state index contributed by atoms with van der Waals surface area (Å²) in [6, 6.07) is 0. The van der Waals surface area contributed by atoms with Crippen LogP contribution >= 0.6 is 0 Å². The van der Waals surface area contributed by atoms with Crippen LogP contribution < -0.4 is 0 Å². The Morgan fingerprint density at radius 3 is 2.00 bits per heavy atom. The van der Waals surface area contributed by atoms with Crippen LogP contribution in [0.25, 0.3) is 0 Å². The second-order valence-corrected chi connectivity index (χ2v) is 2.92. The molecule has 0 aliphatic carbocycles. The lowest BCUT2D eigenvalue weighted by atomic mass is 10.2. The number of allylic oxidation sites excluding steroid dienone is 9. The van der Waals surface area contributed by atoms with Gasteiger partial charge in [0.05, 0.1) is 0 Å². The molecule has 0 aromatic carbocycles. The largest absolute Gasteiger partial charge is 0.0845 e. The second-order valence-electron chi connectivity index (χ2n) is 2.92. The minimum Gasteiger partial charge on any atom is -0.0845 e. The summed E-state index contributed by atoms with van der Waals surface area (Å²) in [4.78, 5) is 0. The SMILES string of the molecule is [CH]=CC=CC=CC=CC=CCCCC. The Kier molecular flexibility index (Phi) is 10.6. The third-order valence-electron chi connectivity index (χ3n) is 1.64. The van der Waals surface area contributed by atoms with E-state index in [1.54, 1.807) is 6.08 Å². The predicted octanol–water partition coefficient (Wildman–Crippen LogP) is 4.39. The molecule has 0 spiro atoms. The number of hydrogen-bond acceptors (Lipinski definition) is 0. The summed E-state index contributed by atoms with van der Waals surface area (Å²) in [5.41, 5.74) is 0. The van der Waals surface area contributed by atoms with Gasteiger partial charge in [-0.05, 0) is 6.42 Å². The van der Waals surface area contributed by atoms with E-state index in [0.717, 1.165) is 0 Å². The summed E-state index contributed by atoms with van der Waals surface area (Å²) in [5, 5.41) is 0. The van der Waals surface area contributed by atoms with E-state index in [1.807, 2.05) is 30.4 Å². The van der Waals surface area contributed by atoms with Gasteiger partial charge in [-0.15, -0.1) is 0 Å². The number of hydrogen-bond donors (Lipinski definition) is 0. The van der Waals surface area contributed by atoms with Crippen molar-refractivity contribution >= 4 is 0 Å². The molecular formula is C14H19. The van der Waals surface area contributed by atoms with Crippen molar-refractivity contribution in [1.82, 2.24) is 0 Å². The normalized spacial score (nSPS) is 12.6. The Hall–Kier alpha value is -1.30. The van der Waals surface area contributed by atoms with Crippen LogP contribution in [-0.2, 0) is 0 Å². The van der Waals surface area contributed by atoms with Crippen LogP contribution in [0.5, 0.6) is 0 Å². The smallest absolute Gasteiger partial charge is 0.0348 e. The molecule has 0 saturated carbocycles. The van der Waals surface area contributed by atoms with E-state index in [0.29, 0.717) is 0 Å². The Morgan fingerprint density at radius 1 is 0.857 bits per heavy atom. The lowest BCUT2D eigenvalue weighted by Gasteiger charge is -1.84. The van der Waals surface area contributed by atoms with Crippen LogP contribution in [0.15, 0.2) is 54.7 Å². The number of unbranched alkanes of at least 4 members (excludes halogenated alkanes) is 2. The van der Waals surface area contributed by atoms with Crippen molar-refractivity contribution in [3.05, 3.63) is 61.3 Å². The molecule has 0 heteroatoms. The van der Waals surface area contributed by atoms with E-state index in [-0.39, 0.29) is 0 Å². The van der Waals surface area contributed by atoms with Crippen LogP contribution in [-0.4, -0.2) is 0 Å². The molecule has 14 heavy (non-hydrogen) atoms. The van der Waals surface area contributed by atoms with Gasteiger partial charge >= 0.3 is 0 Å². The Labute approximate surface area is 88.0 Å². The zero-order valence-corrected chi connectivity index (χ0v) is 8.89. The summed E-state index contributed by atoms with van der Waals surface area (Å²) in [5.74, 6) is 0. The van der Waals surface area contributed by atoms with Crippen LogP contribution in [0.4, 0.5) is 0 Å². The van der Waals surface area contributed by atoms with E-state index in [2.05, 4.69) is 19.1 Å². The molecule has 0 nitrogen and oxygen atoms in total. The van der Waals surface area contributed by atoms with Crippen molar-refractivity contribution in [2.75, 3.05) is 0 Å². The van der Waals surface area contributed by atoms with Gasteiger partial charge in [0.1, 0.15) is 0 Å². The van der Waals surface area contributed by atoms with E-state index in [1.165, 1.54) is 25.3 Å². The summed E-state index contributed by atoms with van der Waals surface area (Å²) in [7, 11) is 0. The average molecular weight is 187 g/mol. The molecule has 0 heterocycles. The highest BCUT2D eigenvalue weighted by Crippen LogP contribution is 1.94. The van der Waals surface area contributed by atoms with E-state index >= 15 is 0 Å². The van der Waals surface area contributed by atoms with Gasteiger partial charge in [0, 0.05) is 0 Å². The van der Waals surface area contributed by atoms with Gasteiger partial charge in [-0.1, -0.05) is 81.0 Å². The first kappa shape index (κ1) is 12.7. The molecule has 0 amide bonds. The van der Waals surface area contributed by atoms with Crippen molar-refractivity contribution in [1.29, 1.82) is 0 Å². The Morgan fingerprint density at radius 2 is 1.43 bits per heavy atom. The minimum absolute atomic E-state index is 1.17. The van der Waals surface area contributed by atoms with Crippen molar-refractivity contribution < 1.29 is 0 Å². The topological polar surface area (TPSA) is 0 Å². The molecule has 75 valence electrons. The van der Waals surface area contributed by atoms with E-state index in [4.69, 9.17) is 6.58 Å². The zero-order valence-electron chi connectivity index (χ0n) is 8.89. The third kappa shape index (κ3) is 10.7. The second kappa shape index (κ2) is 11.7. The zero-order chi connectivity index (χ0) is 10.5. The van der Waals surface area contributed by atoms with Crippen molar-refractivity contribution in [3.8, 4) is 0 Å². The molecule has 0 atom stereocenters. The van der Waals surface area contributed by atoms with Gasteiger partial charge in [0.15, 0.2) is 0 Å². The third-order valence-corrected chi connectivity index (χ3v) is 1.64. The first-order valence-corrected chi connectivity index (χ1v) is 5.12. The van der Waals surface area contributed by atoms with Crippen LogP contribution in [0.2, 0.25) is 0 Å². The summed E-state index contributed by atoms with van der Waals surface area (Å²) in [6.45, 7) is 7.36. The summed E-state index contributed by atoms with van der Waals surface area (Å²) in [6.07, 6.45) is 21.1. The van der Waals surface area contributed by atoms with Crippen LogP contribution in [0, 0.1) is 6.58 Å². The fraction of sp³-hybridized carbons (Fsp3) is 0.286. The minimum atomic E-state index is 1.17. The van der Waals surface area contributed by atoms with Crippen molar-refractivity contribution in [3.63, 3.8) is 0 Å². The van der Waals surface area contributed by atoms with Crippen LogP contribution in [0.3, 0.4) is 0 Å². The maximum atomic E-state index is 5.16. The highest BCUT2D eigenvalue weighted by Gasteiger charge is 1.74. The van der Waals surface area contributed by atoms with Gasteiger partial charge in [-0.2, -0.15) is 0 Å². The number of rotatable bonds is 7. The van der Waals surface area contributed by atoms with Gasteiger partial charge in [0.2, 0.25) is 0 Å². The van der Waals surface area contributed by atoms with Gasteiger partial charge < -0.3 is 0 Å². The van der Waals surface area contributed by atoms with Crippen LogP contribution in [0.1, 0.15) is 26.2 Å². The molecule has 0 rings (SSSR count). The molecule has 0 unspecified atom stereocenters. The molecule has 1 radical (unpaired) electrons. The Balaban J connectivity index is 3.52. The molecule has 0 aliphatic heterocycles. The first-order valence-electron chi connectivity index (χ1n) is 5.12. The van der Waals surface area contributed by atoms with Crippen molar-refractivity contribution in [2.24, 2.45) is 0 Å². The first-order chi connectivity index (χ1) is 6.91. The molecule has 0 aliphatic rings. The maximum absolute atomic E-state index is 5.16.